The maximum Gasteiger partial charge on any atom is 0.269 e. The summed E-state index contributed by atoms with van der Waals surface area (Å²) in [5, 5.41) is 3.17. The first-order valence-corrected chi connectivity index (χ1v) is 9.09. The van der Waals surface area contributed by atoms with E-state index in [0.29, 0.717) is 5.69 Å². The van der Waals surface area contributed by atoms with E-state index in [1.54, 1.807) is 6.20 Å². The Morgan fingerprint density at radius 3 is 2.96 bits per heavy atom. The number of nitrogens with zero attached hydrogens (tertiary/aromatic N) is 2. The molecule has 2 aliphatic heterocycles. The van der Waals surface area contributed by atoms with Crippen LogP contribution in [0.2, 0.25) is 0 Å². The molecule has 2 aromatic rings. The zero-order valence-corrected chi connectivity index (χ0v) is 14.8. The number of hydrogen-bond acceptors (Lipinski definition) is 4. The van der Waals surface area contributed by atoms with Gasteiger partial charge in [-0.05, 0) is 18.9 Å². The normalized spacial score (nSPS) is 21.6. The van der Waals surface area contributed by atoms with Crippen LogP contribution in [-0.2, 0) is 0 Å². The predicted octanol–water partition coefficient (Wildman–Crippen LogP) is 2.68. The Kier molecular flexibility index (Phi) is 4.51. The average molecular weight is 352 g/mol. The van der Waals surface area contributed by atoms with Gasteiger partial charge in [-0.3, -0.25) is 9.69 Å². The van der Waals surface area contributed by atoms with Crippen LogP contribution in [0, 0.1) is 0 Å². The predicted molar refractivity (Wildman–Crippen MR) is 99.1 cm³/mol. The van der Waals surface area contributed by atoms with Gasteiger partial charge >= 0.3 is 0 Å². The monoisotopic (exact) mass is 352 g/mol. The highest BCUT2D eigenvalue weighted by molar-refractivity contribution is 5.92. The topological polar surface area (TPSA) is 70.2 Å². The highest BCUT2D eigenvalue weighted by atomic mass is 16.5. The summed E-state index contributed by atoms with van der Waals surface area (Å²) in [6.45, 7) is 6.70. The van der Waals surface area contributed by atoms with Crippen LogP contribution in [0.25, 0.3) is 0 Å². The number of ether oxygens (including phenoxy) is 1. The van der Waals surface area contributed by atoms with E-state index >= 15 is 0 Å². The minimum Gasteiger partial charge on any atom is -0.487 e. The standard InChI is InChI=1S/C20H24N4O2/c1-2-9-24-10-7-20(8-11-24)12-16(15-5-3-4-6-18(15)26-20)23-19(25)17-13-21-14-22-17/h2-6,13-14,16H,1,7-12H2,(H,21,22)(H,23,25)/t16-/m1/s1. The second-order valence-corrected chi connectivity index (χ2v) is 7.11. The number of imidazole rings is 1. The van der Waals surface area contributed by atoms with Crippen LogP contribution in [0.1, 0.15) is 41.4 Å². The minimum absolute atomic E-state index is 0.0679. The summed E-state index contributed by atoms with van der Waals surface area (Å²) in [5.74, 6) is 0.745. The van der Waals surface area contributed by atoms with Gasteiger partial charge in [0, 0.05) is 31.6 Å². The maximum absolute atomic E-state index is 12.5. The summed E-state index contributed by atoms with van der Waals surface area (Å²) in [4.78, 5) is 21.7. The zero-order valence-electron chi connectivity index (χ0n) is 14.8. The molecule has 4 rings (SSSR count). The average Bonchev–Trinajstić information content (AvgIpc) is 3.19. The molecule has 1 saturated heterocycles. The van der Waals surface area contributed by atoms with Crippen molar-refractivity contribution in [3.63, 3.8) is 0 Å². The number of H-pyrrole nitrogens is 1. The number of amides is 1. The molecule has 0 bridgehead atoms. The Balaban J connectivity index is 1.56. The van der Waals surface area contributed by atoms with E-state index in [1.807, 2.05) is 30.3 Å². The fourth-order valence-electron chi connectivity index (χ4n) is 3.99. The van der Waals surface area contributed by atoms with E-state index in [2.05, 4.69) is 26.8 Å². The lowest BCUT2D eigenvalue weighted by Crippen LogP contribution is -2.52. The van der Waals surface area contributed by atoms with Crippen molar-refractivity contribution >= 4 is 5.91 Å². The number of nitrogens with one attached hydrogen (secondary N) is 2. The Morgan fingerprint density at radius 2 is 2.23 bits per heavy atom. The van der Waals surface area contributed by atoms with Gasteiger partial charge in [0.05, 0.1) is 18.6 Å². The van der Waals surface area contributed by atoms with Crippen molar-refractivity contribution < 1.29 is 9.53 Å². The third-order valence-electron chi connectivity index (χ3n) is 5.40. The molecule has 136 valence electrons. The number of aromatic nitrogens is 2. The van der Waals surface area contributed by atoms with Gasteiger partial charge in [-0.2, -0.15) is 0 Å². The van der Waals surface area contributed by atoms with Crippen molar-refractivity contribution in [1.82, 2.24) is 20.2 Å². The van der Waals surface area contributed by atoms with E-state index in [1.165, 1.54) is 6.33 Å². The number of aromatic amines is 1. The number of carbonyl (C=O) groups excluding carboxylic acids is 1. The van der Waals surface area contributed by atoms with Crippen molar-refractivity contribution in [2.24, 2.45) is 0 Å². The van der Waals surface area contributed by atoms with E-state index in [4.69, 9.17) is 4.74 Å². The largest absolute Gasteiger partial charge is 0.487 e. The second kappa shape index (κ2) is 6.96. The molecule has 6 nitrogen and oxygen atoms in total. The molecule has 2 N–H and O–H groups in total. The van der Waals surface area contributed by atoms with Crippen LogP contribution in [0.3, 0.4) is 0 Å². The number of fused-ring (bicyclic) bond motifs is 1. The number of benzene rings is 1. The molecule has 3 heterocycles. The number of rotatable bonds is 4. The first-order valence-electron chi connectivity index (χ1n) is 9.09. The number of carbonyl (C=O) groups is 1. The number of likely N-dealkylation sites (tertiary alicyclic amines) is 1. The van der Waals surface area contributed by atoms with Gasteiger partial charge in [0.15, 0.2) is 0 Å². The van der Waals surface area contributed by atoms with Crippen LogP contribution in [0.5, 0.6) is 5.75 Å². The van der Waals surface area contributed by atoms with Crippen molar-refractivity contribution in [3.05, 3.63) is 60.7 Å². The molecule has 1 amide bonds. The maximum atomic E-state index is 12.5. The lowest BCUT2D eigenvalue weighted by atomic mass is 9.80. The summed E-state index contributed by atoms with van der Waals surface area (Å²) in [6.07, 6.45) is 7.69. The van der Waals surface area contributed by atoms with Gasteiger partial charge in [-0.25, -0.2) is 4.98 Å². The summed E-state index contributed by atoms with van der Waals surface area (Å²) < 4.78 is 6.47. The Labute approximate surface area is 153 Å². The number of para-hydroxylation sites is 1. The van der Waals surface area contributed by atoms with E-state index in [-0.39, 0.29) is 17.6 Å². The fourth-order valence-corrected chi connectivity index (χ4v) is 3.99. The zero-order chi connectivity index (χ0) is 18.0. The lowest BCUT2D eigenvalue weighted by Gasteiger charge is -2.46. The van der Waals surface area contributed by atoms with Gasteiger partial charge < -0.3 is 15.0 Å². The summed E-state index contributed by atoms with van der Waals surface area (Å²) in [5.41, 5.74) is 1.29. The van der Waals surface area contributed by atoms with Crippen molar-refractivity contribution in [3.8, 4) is 5.75 Å². The van der Waals surface area contributed by atoms with Gasteiger partial charge in [-0.15, -0.1) is 6.58 Å². The lowest BCUT2D eigenvalue weighted by molar-refractivity contribution is -0.0223. The number of hydrogen-bond donors (Lipinski definition) is 2. The molecule has 1 aromatic carbocycles. The molecular weight excluding hydrogens is 328 g/mol. The molecule has 0 saturated carbocycles. The molecule has 6 heteroatoms. The van der Waals surface area contributed by atoms with Crippen LogP contribution in [0.4, 0.5) is 0 Å². The smallest absolute Gasteiger partial charge is 0.269 e. The molecule has 1 fully saturated rings. The summed E-state index contributed by atoms with van der Waals surface area (Å²) in [7, 11) is 0. The van der Waals surface area contributed by atoms with Crippen molar-refractivity contribution in [1.29, 1.82) is 0 Å². The van der Waals surface area contributed by atoms with Crippen LogP contribution in [0.15, 0.2) is 49.4 Å². The first-order chi connectivity index (χ1) is 12.7. The Hall–Kier alpha value is -2.60. The quantitative estimate of drug-likeness (QED) is 0.830. The van der Waals surface area contributed by atoms with E-state index in [9.17, 15) is 4.79 Å². The molecular formula is C20H24N4O2. The van der Waals surface area contributed by atoms with Crippen LogP contribution in [-0.4, -0.2) is 46.0 Å². The van der Waals surface area contributed by atoms with Crippen molar-refractivity contribution in [2.45, 2.75) is 30.9 Å². The Morgan fingerprint density at radius 1 is 1.42 bits per heavy atom. The van der Waals surface area contributed by atoms with E-state index < -0.39 is 0 Å². The van der Waals surface area contributed by atoms with Crippen LogP contribution < -0.4 is 10.1 Å². The number of piperidine rings is 1. The summed E-state index contributed by atoms with van der Waals surface area (Å²) >= 11 is 0. The molecule has 0 radical (unpaired) electrons. The molecule has 1 aromatic heterocycles. The second-order valence-electron chi connectivity index (χ2n) is 7.11. The van der Waals surface area contributed by atoms with Gasteiger partial charge in [0.2, 0.25) is 0 Å². The van der Waals surface area contributed by atoms with Crippen LogP contribution >= 0.6 is 0 Å². The third kappa shape index (κ3) is 3.24. The first kappa shape index (κ1) is 16.8. The molecule has 1 atom stereocenters. The van der Waals surface area contributed by atoms with Gasteiger partial charge in [0.1, 0.15) is 17.0 Å². The fraction of sp³-hybridized carbons (Fsp3) is 0.400. The SMILES string of the molecule is C=CCN1CCC2(CC1)C[C@@H](NC(=O)c1cnc[nH]1)c1ccccc1O2. The van der Waals surface area contributed by atoms with E-state index in [0.717, 1.165) is 50.2 Å². The Bertz CT molecular complexity index is 779. The molecule has 0 aliphatic carbocycles. The van der Waals surface area contributed by atoms with Gasteiger partial charge in [0.25, 0.3) is 5.91 Å². The molecule has 26 heavy (non-hydrogen) atoms. The third-order valence-corrected chi connectivity index (χ3v) is 5.40. The molecule has 2 aliphatic rings. The highest BCUT2D eigenvalue weighted by Crippen LogP contribution is 2.44. The molecule has 1 spiro atoms. The highest BCUT2D eigenvalue weighted by Gasteiger charge is 2.43. The molecule has 0 unspecified atom stereocenters. The summed E-state index contributed by atoms with van der Waals surface area (Å²) in [6, 6.07) is 7.94. The van der Waals surface area contributed by atoms with Crippen molar-refractivity contribution in [2.75, 3.05) is 19.6 Å². The van der Waals surface area contributed by atoms with Gasteiger partial charge in [-0.1, -0.05) is 24.3 Å². The minimum atomic E-state index is -0.224.